The number of benzene rings is 1. The van der Waals surface area contributed by atoms with Crippen LogP contribution in [0, 0.1) is 3.57 Å². The molecule has 0 unspecified atom stereocenters. The Hall–Kier alpha value is 0.0600. The molecule has 1 heterocycles. The molecule has 0 aliphatic heterocycles. The van der Waals surface area contributed by atoms with Gasteiger partial charge in [0, 0.05) is 13.9 Å². The second-order valence-electron chi connectivity index (χ2n) is 2.57. The molecular weight excluding hydrogens is 315 g/mol. The Morgan fingerprint density at radius 3 is 3.00 bits per heavy atom. The van der Waals surface area contributed by atoms with E-state index in [-0.39, 0.29) is 0 Å². The van der Waals surface area contributed by atoms with E-state index in [1.54, 1.807) is 18.4 Å². The highest BCUT2D eigenvalue weighted by molar-refractivity contribution is 14.1. The van der Waals surface area contributed by atoms with E-state index in [9.17, 15) is 0 Å². The molecule has 0 bridgehead atoms. The minimum absolute atomic E-state index is 0.875. The van der Waals surface area contributed by atoms with Crippen molar-refractivity contribution >= 4 is 56.6 Å². The standard InChI is InChI=1S/C9H7IOS2/c1-11-8-5-2-3-13-9(5)6(10)4-7(8)12/h2-4,12H,1H3. The van der Waals surface area contributed by atoms with Gasteiger partial charge in [0.25, 0.3) is 0 Å². The van der Waals surface area contributed by atoms with Crippen molar-refractivity contribution in [3.63, 3.8) is 0 Å². The van der Waals surface area contributed by atoms with Crippen molar-refractivity contribution in [3.8, 4) is 5.75 Å². The summed E-state index contributed by atoms with van der Waals surface area (Å²) in [6.07, 6.45) is 0. The molecule has 0 amide bonds. The van der Waals surface area contributed by atoms with Gasteiger partial charge < -0.3 is 4.74 Å². The number of hydrogen-bond donors (Lipinski definition) is 1. The highest BCUT2D eigenvalue weighted by Gasteiger charge is 2.09. The van der Waals surface area contributed by atoms with Gasteiger partial charge in [-0.25, -0.2) is 0 Å². The van der Waals surface area contributed by atoms with E-state index < -0.39 is 0 Å². The van der Waals surface area contributed by atoms with Crippen LogP contribution in [-0.2, 0) is 0 Å². The zero-order valence-electron chi connectivity index (χ0n) is 6.87. The molecule has 0 N–H and O–H groups in total. The van der Waals surface area contributed by atoms with Crippen LogP contribution in [0.1, 0.15) is 0 Å². The van der Waals surface area contributed by atoms with Crippen molar-refractivity contribution in [2.24, 2.45) is 0 Å². The summed E-state index contributed by atoms with van der Waals surface area (Å²) in [4.78, 5) is 0.901. The number of hydrogen-bond acceptors (Lipinski definition) is 3. The maximum atomic E-state index is 5.30. The molecule has 0 fully saturated rings. The van der Waals surface area contributed by atoms with Crippen molar-refractivity contribution in [1.82, 2.24) is 0 Å². The molecule has 1 nitrogen and oxygen atoms in total. The molecule has 1 aromatic carbocycles. The van der Waals surface area contributed by atoms with Gasteiger partial charge in [-0.2, -0.15) is 0 Å². The van der Waals surface area contributed by atoms with Crippen LogP contribution in [0.2, 0.25) is 0 Å². The fourth-order valence-corrected chi connectivity index (χ4v) is 3.65. The molecule has 0 saturated heterocycles. The van der Waals surface area contributed by atoms with Crippen molar-refractivity contribution in [2.45, 2.75) is 4.90 Å². The lowest BCUT2D eigenvalue weighted by atomic mass is 10.2. The molecule has 0 saturated carbocycles. The Bertz CT molecular complexity index is 450. The third-order valence-corrected chi connectivity index (χ3v) is 4.32. The predicted molar refractivity (Wildman–Crippen MR) is 68.3 cm³/mol. The summed E-state index contributed by atoms with van der Waals surface area (Å²) < 4.78 is 7.80. The van der Waals surface area contributed by atoms with Crippen molar-refractivity contribution in [2.75, 3.05) is 7.11 Å². The van der Waals surface area contributed by atoms with E-state index in [1.165, 1.54) is 8.27 Å². The molecule has 0 atom stereocenters. The highest BCUT2D eigenvalue weighted by atomic mass is 127. The molecular formula is C9H7IOS2. The van der Waals surface area contributed by atoms with E-state index in [4.69, 9.17) is 4.74 Å². The van der Waals surface area contributed by atoms with Gasteiger partial charge in [0.15, 0.2) is 0 Å². The van der Waals surface area contributed by atoms with Crippen LogP contribution in [0.4, 0.5) is 0 Å². The SMILES string of the molecule is COc1c(S)cc(I)c2sccc12. The summed E-state index contributed by atoms with van der Waals surface area (Å²) in [5.41, 5.74) is 0. The molecule has 13 heavy (non-hydrogen) atoms. The van der Waals surface area contributed by atoms with E-state index in [2.05, 4.69) is 46.7 Å². The number of rotatable bonds is 1. The first-order chi connectivity index (χ1) is 6.24. The predicted octanol–water partition coefficient (Wildman–Crippen LogP) is 3.80. The zero-order chi connectivity index (χ0) is 9.42. The van der Waals surface area contributed by atoms with Crippen molar-refractivity contribution in [3.05, 3.63) is 21.1 Å². The normalized spacial score (nSPS) is 10.7. The smallest absolute Gasteiger partial charge is 0.140 e. The number of methoxy groups -OCH3 is 1. The van der Waals surface area contributed by atoms with Crippen molar-refractivity contribution in [1.29, 1.82) is 0 Å². The van der Waals surface area contributed by atoms with Crippen LogP contribution in [0.25, 0.3) is 10.1 Å². The van der Waals surface area contributed by atoms with E-state index in [1.807, 2.05) is 6.07 Å². The average Bonchev–Trinajstić information content (AvgIpc) is 2.53. The van der Waals surface area contributed by atoms with Crippen LogP contribution in [-0.4, -0.2) is 7.11 Å². The van der Waals surface area contributed by atoms with Gasteiger partial charge in [-0.3, -0.25) is 0 Å². The number of halogens is 1. The molecule has 0 spiro atoms. The summed E-state index contributed by atoms with van der Waals surface area (Å²) in [6, 6.07) is 4.10. The van der Waals surface area contributed by atoms with Crippen molar-refractivity contribution < 1.29 is 4.74 Å². The molecule has 0 aliphatic carbocycles. The fraction of sp³-hybridized carbons (Fsp3) is 0.111. The average molecular weight is 322 g/mol. The Labute approximate surface area is 99.6 Å². The maximum absolute atomic E-state index is 5.30. The highest BCUT2D eigenvalue weighted by Crippen LogP contribution is 2.38. The molecule has 2 rings (SSSR count). The number of ether oxygens (including phenoxy) is 1. The monoisotopic (exact) mass is 322 g/mol. The van der Waals surface area contributed by atoms with Gasteiger partial charge in [0.05, 0.1) is 11.8 Å². The minimum atomic E-state index is 0.875. The van der Waals surface area contributed by atoms with E-state index in [0.29, 0.717) is 0 Å². The van der Waals surface area contributed by atoms with Gasteiger partial charge in [-0.1, -0.05) is 0 Å². The maximum Gasteiger partial charge on any atom is 0.140 e. The summed E-state index contributed by atoms with van der Waals surface area (Å²) in [7, 11) is 1.68. The summed E-state index contributed by atoms with van der Waals surface area (Å²) in [5.74, 6) is 0.875. The summed E-state index contributed by atoms with van der Waals surface area (Å²) in [5, 5.41) is 3.23. The number of fused-ring (bicyclic) bond motifs is 1. The quantitative estimate of drug-likeness (QED) is 0.621. The molecule has 68 valence electrons. The number of thiol groups is 1. The lowest BCUT2D eigenvalue weighted by Gasteiger charge is -2.06. The van der Waals surface area contributed by atoms with E-state index in [0.717, 1.165) is 16.0 Å². The fourth-order valence-electron chi connectivity index (χ4n) is 1.28. The second-order valence-corrected chi connectivity index (χ2v) is 5.13. The molecule has 2 aromatic rings. The van der Waals surface area contributed by atoms with Gasteiger partial charge in [-0.15, -0.1) is 24.0 Å². The summed E-state index contributed by atoms with van der Waals surface area (Å²) >= 11 is 8.42. The van der Waals surface area contributed by atoms with Gasteiger partial charge in [0.2, 0.25) is 0 Å². The topological polar surface area (TPSA) is 9.23 Å². The molecule has 1 aromatic heterocycles. The number of thiophene rings is 1. The molecule has 4 heteroatoms. The van der Waals surface area contributed by atoms with E-state index >= 15 is 0 Å². The third kappa shape index (κ3) is 1.55. The van der Waals surface area contributed by atoms with Gasteiger partial charge >= 0.3 is 0 Å². The second kappa shape index (κ2) is 3.67. The first-order valence-electron chi connectivity index (χ1n) is 3.66. The van der Waals surface area contributed by atoms with Crippen LogP contribution < -0.4 is 4.74 Å². The third-order valence-electron chi connectivity index (χ3n) is 1.83. The van der Waals surface area contributed by atoms with Gasteiger partial charge in [0.1, 0.15) is 5.75 Å². The zero-order valence-corrected chi connectivity index (χ0v) is 10.7. The Morgan fingerprint density at radius 2 is 2.31 bits per heavy atom. The molecule has 0 radical (unpaired) electrons. The van der Waals surface area contributed by atoms with Crippen LogP contribution >= 0.6 is 46.6 Å². The van der Waals surface area contributed by atoms with Gasteiger partial charge in [-0.05, 0) is 40.1 Å². The Balaban J connectivity index is 2.88. The van der Waals surface area contributed by atoms with Crippen LogP contribution in [0.15, 0.2) is 22.4 Å². The van der Waals surface area contributed by atoms with Crippen LogP contribution in [0.5, 0.6) is 5.75 Å². The summed E-state index contributed by atoms with van der Waals surface area (Å²) in [6.45, 7) is 0. The first kappa shape index (κ1) is 9.61. The lowest BCUT2D eigenvalue weighted by Crippen LogP contribution is -1.86. The first-order valence-corrected chi connectivity index (χ1v) is 6.07. The minimum Gasteiger partial charge on any atom is -0.495 e. The largest absolute Gasteiger partial charge is 0.495 e. The Morgan fingerprint density at radius 1 is 1.54 bits per heavy atom. The Kier molecular flexibility index (Phi) is 2.71. The van der Waals surface area contributed by atoms with Crippen LogP contribution in [0.3, 0.4) is 0 Å². The lowest BCUT2D eigenvalue weighted by molar-refractivity contribution is 0.410. The molecule has 0 aliphatic rings.